The Balaban J connectivity index is 2.14. The van der Waals surface area contributed by atoms with Crippen molar-refractivity contribution in [3.8, 4) is 0 Å². The van der Waals surface area contributed by atoms with Gasteiger partial charge in [-0.25, -0.2) is 17.5 Å². The maximum absolute atomic E-state index is 13.4. The number of nitrogens with one attached hydrogen (secondary N) is 2. The Morgan fingerprint density at radius 1 is 1.33 bits per heavy atom. The Labute approximate surface area is 119 Å². The Bertz CT molecular complexity index is 610. The van der Waals surface area contributed by atoms with Crippen LogP contribution in [0.25, 0.3) is 0 Å². The molecule has 0 radical (unpaired) electrons. The van der Waals surface area contributed by atoms with E-state index in [9.17, 15) is 26.0 Å². The highest BCUT2D eigenvalue weighted by Gasteiger charge is 2.34. The summed E-state index contributed by atoms with van der Waals surface area (Å²) in [6.45, 7) is 0.909. The third kappa shape index (κ3) is 3.92. The second kappa shape index (κ2) is 5.90. The van der Waals surface area contributed by atoms with E-state index in [1.165, 1.54) is 0 Å². The van der Waals surface area contributed by atoms with Crippen LogP contribution < -0.4 is 10.0 Å². The molecular formula is C12H14F4N2O2S. The fraction of sp³-hybridized carbons (Fsp3) is 0.500. The second-order valence-electron chi connectivity index (χ2n) is 4.78. The summed E-state index contributed by atoms with van der Waals surface area (Å²) in [6.07, 6.45) is -3.11. The van der Waals surface area contributed by atoms with Gasteiger partial charge in [0.2, 0.25) is 10.0 Å². The van der Waals surface area contributed by atoms with Gasteiger partial charge in [-0.1, -0.05) is 0 Å². The van der Waals surface area contributed by atoms with Crippen LogP contribution in [-0.2, 0) is 16.2 Å². The van der Waals surface area contributed by atoms with Gasteiger partial charge in [0.1, 0.15) is 5.82 Å². The SMILES string of the molecule is O=S(=O)(NCC1CCCN1)c1ccc(C(F)(F)F)c(F)c1. The molecular weight excluding hydrogens is 312 g/mol. The fourth-order valence-electron chi connectivity index (χ4n) is 2.12. The summed E-state index contributed by atoms with van der Waals surface area (Å²) in [5.41, 5.74) is -1.49. The quantitative estimate of drug-likeness (QED) is 0.831. The zero-order valence-electron chi connectivity index (χ0n) is 10.9. The lowest BCUT2D eigenvalue weighted by Gasteiger charge is -2.13. The summed E-state index contributed by atoms with van der Waals surface area (Å²) >= 11 is 0. The van der Waals surface area contributed by atoms with Crippen LogP contribution in [0.4, 0.5) is 17.6 Å². The van der Waals surface area contributed by atoms with Gasteiger partial charge in [-0.2, -0.15) is 13.2 Å². The van der Waals surface area contributed by atoms with Gasteiger partial charge in [0, 0.05) is 12.6 Å². The van der Waals surface area contributed by atoms with Crippen molar-refractivity contribution in [2.45, 2.75) is 30.0 Å². The van der Waals surface area contributed by atoms with E-state index in [0.29, 0.717) is 12.1 Å². The lowest BCUT2D eigenvalue weighted by Crippen LogP contribution is -2.37. The highest BCUT2D eigenvalue weighted by molar-refractivity contribution is 7.89. The summed E-state index contributed by atoms with van der Waals surface area (Å²) < 4.78 is 76.7. The number of benzene rings is 1. The van der Waals surface area contributed by atoms with Crippen molar-refractivity contribution in [2.24, 2.45) is 0 Å². The zero-order chi connectivity index (χ0) is 15.7. The van der Waals surface area contributed by atoms with Crippen LogP contribution >= 0.6 is 0 Å². The van der Waals surface area contributed by atoms with Gasteiger partial charge in [-0.05, 0) is 37.6 Å². The molecule has 1 aromatic rings. The second-order valence-corrected chi connectivity index (χ2v) is 6.55. The van der Waals surface area contributed by atoms with Gasteiger partial charge in [-0.3, -0.25) is 0 Å². The van der Waals surface area contributed by atoms with Gasteiger partial charge < -0.3 is 5.32 Å². The Morgan fingerprint density at radius 3 is 2.57 bits per heavy atom. The normalized spacial score (nSPS) is 19.9. The maximum atomic E-state index is 13.4. The molecule has 0 spiro atoms. The average molecular weight is 326 g/mol. The number of halogens is 4. The van der Waals surface area contributed by atoms with Crippen LogP contribution in [0.5, 0.6) is 0 Å². The highest BCUT2D eigenvalue weighted by Crippen LogP contribution is 2.32. The molecule has 1 saturated heterocycles. The standard InChI is InChI=1S/C12H14F4N2O2S/c13-11-6-9(3-4-10(11)12(14,15)16)21(19,20)18-7-8-2-1-5-17-8/h3-4,6,8,17-18H,1-2,5,7H2. The van der Waals surface area contributed by atoms with Crippen molar-refractivity contribution in [2.75, 3.05) is 13.1 Å². The minimum absolute atomic E-state index is 0.0147. The number of alkyl halides is 3. The Kier molecular flexibility index (Phi) is 4.54. The summed E-state index contributed by atoms with van der Waals surface area (Å²) in [6, 6.07) is 1.54. The van der Waals surface area contributed by atoms with Gasteiger partial charge in [-0.15, -0.1) is 0 Å². The average Bonchev–Trinajstić information content (AvgIpc) is 2.88. The van der Waals surface area contributed by atoms with Gasteiger partial charge >= 0.3 is 6.18 Å². The first-order valence-corrected chi connectivity index (χ1v) is 7.78. The van der Waals surface area contributed by atoms with Crippen LogP contribution in [-0.4, -0.2) is 27.5 Å². The molecule has 0 aromatic heterocycles. The van der Waals surface area contributed by atoms with Crippen LogP contribution in [0, 0.1) is 5.82 Å². The molecule has 1 fully saturated rings. The fourth-order valence-corrected chi connectivity index (χ4v) is 3.21. The predicted molar refractivity (Wildman–Crippen MR) is 67.6 cm³/mol. The summed E-state index contributed by atoms with van der Waals surface area (Å²) in [5, 5.41) is 3.07. The minimum Gasteiger partial charge on any atom is -0.313 e. The lowest BCUT2D eigenvalue weighted by molar-refractivity contribution is -0.140. The maximum Gasteiger partial charge on any atom is 0.419 e. The zero-order valence-corrected chi connectivity index (χ0v) is 11.7. The number of hydrogen-bond donors (Lipinski definition) is 2. The van der Waals surface area contributed by atoms with Crippen molar-refractivity contribution >= 4 is 10.0 Å². The third-order valence-electron chi connectivity index (χ3n) is 3.24. The van der Waals surface area contributed by atoms with Gasteiger partial charge in [0.25, 0.3) is 0 Å². The van der Waals surface area contributed by atoms with E-state index in [1.54, 1.807) is 0 Å². The van der Waals surface area contributed by atoms with Gasteiger partial charge in [0.05, 0.1) is 10.5 Å². The molecule has 1 atom stereocenters. The molecule has 0 amide bonds. The Morgan fingerprint density at radius 2 is 2.05 bits per heavy atom. The van der Waals surface area contributed by atoms with E-state index in [2.05, 4.69) is 10.0 Å². The monoisotopic (exact) mass is 326 g/mol. The topological polar surface area (TPSA) is 58.2 Å². The van der Waals surface area contributed by atoms with E-state index in [0.717, 1.165) is 25.5 Å². The van der Waals surface area contributed by atoms with Crippen molar-refractivity contribution in [1.29, 1.82) is 0 Å². The van der Waals surface area contributed by atoms with E-state index in [1.807, 2.05) is 0 Å². The van der Waals surface area contributed by atoms with Gasteiger partial charge in [0.15, 0.2) is 0 Å². The van der Waals surface area contributed by atoms with Crippen LogP contribution in [0.3, 0.4) is 0 Å². The van der Waals surface area contributed by atoms with E-state index in [-0.39, 0.29) is 12.6 Å². The molecule has 9 heteroatoms. The lowest BCUT2D eigenvalue weighted by atomic mass is 10.2. The van der Waals surface area contributed by atoms with Crippen molar-refractivity contribution in [3.05, 3.63) is 29.6 Å². The molecule has 1 aromatic carbocycles. The van der Waals surface area contributed by atoms with Crippen LogP contribution in [0.15, 0.2) is 23.1 Å². The van der Waals surface area contributed by atoms with E-state index in [4.69, 9.17) is 0 Å². The molecule has 2 rings (SSSR count). The molecule has 0 saturated carbocycles. The summed E-state index contributed by atoms with van der Waals surface area (Å²) in [7, 11) is -4.03. The Hall–Kier alpha value is -1.19. The molecule has 0 bridgehead atoms. The molecule has 21 heavy (non-hydrogen) atoms. The van der Waals surface area contributed by atoms with Crippen molar-refractivity contribution in [1.82, 2.24) is 10.0 Å². The molecule has 0 aliphatic carbocycles. The molecule has 118 valence electrons. The molecule has 1 aliphatic heterocycles. The smallest absolute Gasteiger partial charge is 0.313 e. The summed E-state index contributed by atoms with van der Waals surface area (Å²) in [5.74, 6) is -1.61. The number of rotatable bonds is 4. The third-order valence-corrected chi connectivity index (χ3v) is 4.66. The highest BCUT2D eigenvalue weighted by atomic mass is 32.2. The van der Waals surface area contributed by atoms with Crippen LogP contribution in [0.2, 0.25) is 0 Å². The van der Waals surface area contributed by atoms with E-state index >= 15 is 0 Å². The first kappa shape index (κ1) is 16.2. The molecule has 1 unspecified atom stereocenters. The van der Waals surface area contributed by atoms with Crippen molar-refractivity contribution in [3.63, 3.8) is 0 Å². The first-order chi connectivity index (χ1) is 9.70. The van der Waals surface area contributed by atoms with Crippen LogP contribution in [0.1, 0.15) is 18.4 Å². The largest absolute Gasteiger partial charge is 0.419 e. The molecule has 1 aliphatic rings. The first-order valence-electron chi connectivity index (χ1n) is 6.30. The number of hydrogen-bond acceptors (Lipinski definition) is 3. The van der Waals surface area contributed by atoms with E-state index < -0.39 is 32.5 Å². The minimum atomic E-state index is -4.85. The molecule has 1 heterocycles. The number of sulfonamides is 1. The summed E-state index contributed by atoms with van der Waals surface area (Å²) in [4.78, 5) is -0.522. The predicted octanol–water partition coefficient (Wildman–Crippen LogP) is 1.87. The molecule has 4 nitrogen and oxygen atoms in total. The molecule has 2 N–H and O–H groups in total. The van der Waals surface area contributed by atoms with Crippen molar-refractivity contribution < 1.29 is 26.0 Å².